The quantitative estimate of drug-likeness (QED) is 0.879. The highest BCUT2D eigenvalue weighted by molar-refractivity contribution is 5.93. The van der Waals surface area contributed by atoms with E-state index in [-0.39, 0.29) is 24.3 Å². The van der Waals surface area contributed by atoms with Gasteiger partial charge in [0.05, 0.1) is 6.20 Å². The molecule has 2 N–H and O–H groups in total. The van der Waals surface area contributed by atoms with Crippen LogP contribution >= 0.6 is 0 Å². The molecule has 3 rings (SSSR count). The van der Waals surface area contributed by atoms with Crippen molar-refractivity contribution in [1.29, 1.82) is 0 Å². The van der Waals surface area contributed by atoms with Gasteiger partial charge in [0.15, 0.2) is 0 Å². The molecule has 2 aromatic rings. The third-order valence-electron chi connectivity index (χ3n) is 4.55. The first-order valence-corrected chi connectivity index (χ1v) is 8.60. The van der Waals surface area contributed by atoms with Crippen LogP contribution in [0, 0.1) is 12.8 Å². The van der Waals surface area contributed by atoms with Gasteiger partial charge in [0.25, 0.3) is 5.91 Å². The summed E-state index contributed by atoms with van der Waals surface area (Å²) in [7, 11) is 0. The highest BCUT2D eigenvalue weighted by Gasteiger charge is 2.34. The zero-order chi connectivity index (χ0) is 18.5. The van der Waals surface area contributed by atoms with E-state index < -0.39 is 5.91 Å². The van der Waals surface area contributed by atoms with E-state index in [9.17, 15) is 9.59 Å². The zero-order valence-corrected chi connectivity index (χ0v) is 14.7. The monoisotopic (exact) mass is 354 g/mol. The molecule has 0 aromatic carbocycles. The lowest BCUT2D eigenvalue weighted by atomic mass is 9.90. The van der Waals surface area contributed by atoms with Gasteiger partial charge in [-0.25, -0.2) is 0 Å². The summed E-state index contributed by atoms with van der Waals surface area (Å²) in [4.78, 5) is 34.3. The largest absolute Gasteiger partial charge is 0.488 e. The molecule has 26 heavy (non-hydrogen) atoms. The van der Waals surface area contributed by atoms with Crippen molar-refractivity contribution in [2.45, 2.75) is 25.9 Å². The minimum absolute atomic E-state index is 0.127. The maximum Gasteiger partial charge on any atom is 0.272 e. The number of nitrogens with two attached hydrogens (primary N) is 1. The molecule has 0 saturated carbocycles. The average Bonchev–Trinajstić information content (AvgIpc) is 2.63. The summed E-state index contributed by atoms with van der Waals surface area (Å²) in [5.41, 5.74) is 6.69. The number of pyridine rings is 2. The van der Waals surface area contributed by atoms with Gasteiger partial charge >= 0.3 is 0 Å². The van der Waals surface area contributed by atoms with Crippen molar-refractivity contribution < 1.29 is 14.3 Å². The minimum atomic E-state index is -0.405. The second-order valence-electron chi connectivity index (χ2n) is 6.48. The number of piperidine rings is 1. The fourth-order valence-electron chi connectivity index (χ4n) is 3.26. The van der Waals surface area contributed by atoms with Gasteiger partial charge < -0.3 is 15.4 Å². The molecule has 2 amide bonds. The Bertz CT molecular complexity index is 781. The van der Waals surface area contributed by atoms with Crippen LogP contribution in [-0.2, 0) is 4.79 Å². The lowest BCUT2D eigenvalue weighted by molar-refractivity contribution is -0.120. The van der Waals surface area contributed by atoms with Crippen LogP contribution in [0.4, 0.5) is 0 Å². The number of hydrogen-bond donors (Lipinski definition) is 1. The second-order valence-corrected chi connectivity index (χ2v) is 6.48. The van der Waals surface area contributed by atoms with E-state index in [4.69, 9.17) is 10.5 Å². The van der Waals surface area contributed by atoms with Crippen LogP contribution in [-0.4, -0.2) is 45.9 Å². The molecule has 2 aromatic heterocycles. The summed E-state index contributed by atoms with van der Waals surface area (Å²) in [5, 5.41) is 0. The van der Waals surface area contributed by atoms with Gasteiger partial charge in [0.2, 0.25) is 5.91 Å². The molecule has 1 aliphatic rings. The molecule has 2 atom stereocenters. The molecule has 7 nitrogen and oxygen atoms in total. The molecule has 0 spiro atoms. The van der Waals surface area contributed by atoms with Crippen LogP contribution in [0.15, 0.2) is 42.9 Å². The Kier molecular flexibility index (Phi) is 5.46. The van der Waals surface area contributed by atoms with Gasteiger partial charge in [-0.3, -0.25) is 19.6 Å². The summed E-state index contributed by atoms with van der Waals surface area (Å²) in [6, 6.07) is 7.28. The summed E-state index contributed by atoms with van der Waals surface area (Å²) >= 11 is 0. The molecule has 0 radical (unpaired) electrons. The van der Waals surface area contributed by atoms with Crippen LogP contribution in [0.2, 0.25) is 0 Å². The highest BCUT2D eigenvalue weighted by Crippen LogP contribution is 2.26. The Morgan fingerprint density at radius 3 is 2.81 bits per heavy atom. The van der Waals surface area contributed by atoms with Crippen LogP contribution in [0.3, 0.4) is 0 Å². The van der Waals surface area contributed by atoms with Crippen molar-refractivity contribution in [2.24, 2.45) is 11.7 Å². The van der Waals surface area contributed by atoms with E-state index in [1.807, 2.05) is 19.1 Å². The van der Waals surface area contributed by atoms with Gasteiger partial charge in [-0.1, -0.05) is 6.07 Å². The third-order valence-corrected chi connectivity index (χ3v) is 4.55. The number of rotatable bonds is 5. The van der Waals surface area contributed by atoms with Gasteiger partial charge in [0.1, 0.15) is 17.5 Å². The normalized spacial score (nSPS) is 19.8. The van der Waals surface area contributed by atoms with Crippen LogP contribution in [0.5, 0.6) is 5.75 Å². The predicted molar refractivity (Wildman–Crippen MR) is 95.4 cm³/mol. The number of carbonyl (C=O) groups is 2. The summed E-state index contributed by atoms with van der Waals surface area (Å²) in [6.45, 7) is 2.80. The number of primary amides is 1. The van der Waals surface area contributed by atoms with Crippen LogP contribution in [0.1, 0.15) is 28.9 Å². The lowest BCUT2D eigenvalue weighted by Crippen LogP contribution is -2.49. The topological polar surface area (TPSA) is 98.4 Å². The van der Waals surface area contributed by atoms with E-state index >= 15 is 0 Å². The van der Waals surface area contributed by atoms with E-state index in [1.54, 1.807) is 35.6 Å². The molecule has 1 fully saturated rings. The fraction of sp³-hybridized carbons (Fsp3) is 0.368. The molecule has 1 saturated heterocycles. The Labute approximate surface area is 152 Å². The highest BCUT2D eigenvalue weighted by atomic mass is 16.5. The number of aromatic nitrogens is 2. The molecule has 1 aliphatic heterocycles. The minimum Gasteiger partial charge on any atom is -0.488 e. The number of amides is 2. The first-order valence-electron chi connectivity index (χ1n) is 8.60. The molecule has 7 heteroatoms. The lowest BCUT2D eigenvalue weighted by Gasteiger charge is -2.38. The Morgan fingerprint density at radius 1 is 1.31 bits per heavy atom. The first-order chi connectivity index (χ1) is 12.5. The van der Waals surface area contributed by atoms with Crippen LogP contribution < -0.4 is 10.5 Å². The number of ether oxygens (including phenoxy) is 1. The molecule has 0 aliphatic carbocycles. The number of aryl methyl sites for hydroxylation is 1. The summed E-state index contributed by atoms with van der Waals surface area (Å²) in [6.07, 6.45) is 5.50. The molecular formula is C19H22N4O3. The van der Waals surface area contributed by atoms with E-state index in [2.05, 4.69) is 9.97 Å². The standard InChI is InChI=1S/C19H22N4O3/c1-13-4-2-8-22-18(13)19(25)23-9-6-16(14(12-23)10-17(20)24)26-15-5-3-7-21-11-15/h2-5,7-8,11,14,16H,6,9-10,12H2,1H3,(H2,20,24)/t14-,16-/m1/s1. The number of nitrogens with zero attached hydrogens (tertiary/aromatic N) is 3. The molecule has 0 bridgehead atoms. The Morgan fingerprint density at radius 2 is 2.12 bits per heavy atom. The second kappa shape index (κ2) is 7.95. The smallest absolute Gasteiger partial charge is 0.272 e. The number of hydrogen-bond acceptors (Lipinski definition) is 5. The van der Waals surface area contributed by atoms with Crippen molar-refractivity contribution in [3.63, 3.8) is 0 Å². The Hall–Kier alpha value is -2.96. The first kappa shape index (κ1) is 17.8. The molecular weight excluding hydrogens is 332 g/mol. The third kappa shape index (κ3) is 4.17. The maximum absolute atomic E-state index is 12.8. The van der Waals surface area contributed by atoms with Gasteiger partial charge in [-0.2, -0.15) is 0 Å². The number of carbonyl (C=O) groups excluding carboxylic acids is 2. The van der Waals surface area contributed by atoms with E-state index in [1.165, 1.54) is 0 Å². The zero-order valence-electron chi connectivity index (χ0n) is 14.7. The van der Waals surface area contributed by atoms with Crippen molar-refractivity contribution >= 4 is 11.8 Å². The summed E-state index contributed by atoms with van der Waals surface area (Å²) in [5.74, 6) is -0.0581. The van der Waals surface area contributed by atoms with Crippen molar-refractivity contribution in [2.75, 3.05) is 13.1 Å². The fourth-order valence-corrected chi connectivity index (χ4v) is 3.26. The summed E-state index contributed by atoms with van der Waals surface area (Å²) < 4.78 is 6.00. The van der Waals surface area contributed by atoms with E-state index in [0.29, 0.717) is 31.0 Å². The SMILES string of the molecule is Cc1cccnc1C(=O)N1CC[C@@H](Oc2cccnc2)[C@H](CC(N)=O)C1. The van der Waals surface area contributed by atoms with Gasteiger partial charge in [-0.15, -0.1) is 0 Å². The maximum atomic E-state index is 12.8. The molecule has 0 unspecified atom stereocenters. The average molecular weight is 354 g/mol. The van der Waals surface area contributed by atoms with E-state index in [0.717, 1.165) is 5.56 Å². The van der Waals surface area contributed by atoms with Crippen molar-refractivity contribution in [3.05, 3.63) is 54.1 Å². The predicted octanol–water partition coefficient (Wildman–Crippen LogP) is 1.57. The van der Waals surface area contributed by atoms with Gasteiger partial charge in [-0.05, 0) is 30.7 Å². The number of likely N-dealkylation sites (tertiary alicyclic amines) is 1. The van der Waals surface area contributed by atoms with Gasteiger partial charge in [0, 0.05) is 44.2 Å². The molecule has 136 valence electrons. The van der Waals surface area contributed by atoms with Crippen LogP contribution in [0.25, 0.3) is 0 Å². The Balaban J connectivity index is 1.74. The van der Waals surface area contributed by atoms with Crippen molar-refractivity contribution in [3.8, 4) is 5.75 Å². The molecule has 3 heterocycles. The van der Waals surface area contributed by atoms with Crippen molar-refractivity contribution in [1.82, 2.24) is 14.9 Å².